The molecule has 2 aliphatic rings. The standard InChI is InChI=1S/C19H25N5O4/c1-26-15-4-2-14(3-5-15)18-21-17(28-22-18)13-23-7-9-24(10-8-23)19(25)16-12-20-6-11-27-16/h2-5,16,20H,6-13H2,1H3. The third kappa shape index (κ3) is 4.32. The van der Waals surface area contributed by atoms with E-state index in [1.807, 2.05) is 29.2 Å². The summed E-state index contributed by atoms with van der Waals surface area (Å²) in [7, 11) is 1.63. The van der Waals surface area contributed by atoms with Gasteiger partial charge in [0.25, 0.3) is 5.91 Å². The van der Waals surface area contributed by atoms with Crippen LogP contribution in [0.4, 0.5) is 0 Å². The topological polar surface area (TPSA) is 93.0 Å². The summed E-state index contributed by atoms with van der Waals surface area (Å²) in [6.07, 6.45) is -0.358. The van der Waals surface area contributed by atoms with Crippen LogP contribution in [-0.2, 0) is 16.1 Å². The lowest BCUT2D eigenvalue weighted by Gasteiger charge is -2.36. The van der Waals surface area contributed by atoms with Crippen LogP contribution >= 0.6 is 0 Å². The number of ether oxygens (including phenoxy) is 2. The first-order valence-corrected chi connectivity index (χ1v) is 9.53. The molecule has 2 aliphatic heterocycles. The van der Waals surface area contributed by atoms with Crippen LogP contribution in [0, 0.1) is 0 Å². The van der Waals surface area contributed by atoms with Crippen LogP contribution in [0.15, 0.2) is 28.8 Å². The highest BCUT2D eigenvalue weighted by atomic mass is 16.5. The molecule has 0 aliphatic carbocycles. The van der Waals surface area contributed by atoms with E-state index >= 15 is 0 Å². The van der Waals surface area contributed by atoms with E-state index in [1.54, 1.807) is 7.11 Å². The zero-order valence-electron chi connectivity index (χ0n) is 16.0. The molecular formula is C19H25N5O4. The molecule has 3 heterocycles. The number of methoxy groups -OCH3 is 1. The van der Waals surface area contributed by atoms with Gasteiger partial charge in [-0.05, 0) is 24.3 Å². The monoisotopic (exact) mass is 387 g/mol. The van der Waals surface area contributed by atoms with Gasteiger partial charge in [0.15, 0.2) is 0 Å². The van der Waals surface area contributed by atoms with Gasteiger partial charge in [0.2, 0.25) is 11.7 Å². The molecule has 4 rings (SSSR count). The molecule has 0 spiro atoms. The summed E-state index contributed by atoms with van der Waals surface area (Å²) in [6.45, 7) is 5.46. The Morgan fingerprint density at radius 1 is 1.25 bits per heavy atom. The van der Waals surface area contributed by atoms with Crippen LogP contribution in [0.3, 0.4) is 0 Å². The van der Waals surface area contributed by atoms with Gasteiger partial charge in [-0.2, -0.15) is 4.98 Å². The van der Waals surface area contributed by atoms with E-state index in [2.05, 4.69) is 20.4 Å². The first kappa shape index (κ1) is 18.9. The van der Waals surface area contributed by atoms with Crippen molar-refractivity contribution < 1.29 is 18.8 Å². The minimum Gasteiger partial charge on any atom is -0.497 e. The second kappa shape index (κ2) is 8.68. The molecule has 1 unspecified atom stereocenters. The van der Waals surface area contributed by atoms with Crippen molar-refractivity contribution in [1.82, 2.24) is 25.3 Å². The van der Waals surface area contributed by atoms with Gasteiger partial charge in [0, 0.05) is 44.8 Å². The Morgan fingerprint density at radius 2 is 2.04 bits per heavy atom. The first-order valence-electron chi connectivity index (χ1n) is 9.53. The van der Waals surface area contributed by atoms with Gasteiger partial charge in [0.1, 0.15) is 11.9 Å². The number of hydrogen-bond acceptors (Lipinski definition) is 8. The van der Waals surface area contributed by atoms with E-state index in [9.17, 15) is 4.79 Å². The molecule has 1 amide bonds. The van der Waals surface area contributed by atoms with Gasteiger partial charge in [-0.25, -0.2) is 0 Å². The Bertz CT molecular complexity index is 780. The van der Waals surface area contributed by atoms with E-state index in [1.165, 1.54) is 0 Å². The number of carbonyl (C=O) groups is 1. The average molecular weight is 387 g/mol. The molecule has 0 radical (unpaired) electrons. The number of hydrogen-bond donors (Lipinski definition) is 1. The number of benzene rings is 1. The average Bonchev–Trinajstić information content (AvgIpc) is 3.23. The molecule has 150 valence electrons. The van der Waals surface area contributed by atoms with Crippen LogP contribution < -0.4 is 10.1 Å². The second-order valence-corrected chi connectivity index (χ2v) is 6.91. The predicted octanol–water partition coefficient (Wildman–Crippen LogP) is 0.378. The van der Waals surface area contributed by atoms with E-state index < -0.39 is 0 Å². The van der Waals surface area contributed by atoms with E-state index in [0.717, 1.165) is 30.9 Å². The van der Waals surface area contributed by atoms with Crippen molar-refractivity contribution in [3.63, 3.8) is 0 Å². The summed E-state index contributed by atoms with van der Waals surface area (Å²) in [5.74, 6) is 2.00. The highest BCUT2D eigenvalue weighted by Gasteiger charge is 2.29. The molecule has 0 bridgehead atoms. The summed E-state index contributed by atoms with van der Waals surface area (Å²) in [4.78, 5) is 21.1. The van der Waals surface area contributed by atoms with Gasteiger partial charge >= 0.3 is 0 Å². The van der Waals surface area contributed by atoms with Crippen LogP contribution in [0.5, 0.6) is 5.75 Å². The number of aromatic nitrogens is 2. The summed E-state index contributed by atoms with van der Waals surface area (Å²) in [6, 6.07) is 7.54. The number of nitrogens with one attached hydrogen (secondary N) is 1. The van der Waals surface area contributed by atoms with Crippen molar-refractivity contribution in [2.45, 2.75) is 12.6 Å². The van der Waals surface area contributed by atoms with Crippen LogP contribution in [0.25, 0.3) is 11.4 Å². The third-order valence-electron chi connectivity index (χ3n) is 5.06. The Morgan fingerprint density at radius 3 is 2.71 bits per heavy atom. The Labute approximate surface area is 163 Å². The maximum atomic E-state index is 12.5. The highest BCUT2D eigenvalue weighted by Crippen LogP contribution is 2.20. The fraction of sp³-hybridized carbons (Fsp3) is 0.526. The minimum absolute atomic E-state index is 0.0754. The molecule has 2 saturated heterocycles. The summed E-state index contributed by atoms with van der Waals surface area (Å²) in [5, 5.41) is 7.27. The van der Waals surface area contributed by atoms with Gasteiger partial charge < -0.3 is 24.2 Å². The lowest BCUT2D eigenvalue weighted by molar-refractivity contribution is -0.147. The van der Waals surface area contributed by atoms with Crippen LogP contribution in [0.1, 0.15) is 5.89 Å². The maximum absolute atomic E-state index is 12.5. The zero-order valence-corrected chi connectivity index (χ0v) is 16.0. The van der Waals surface area contributed by atoms with Crippen LogP contribution in [-0.4, -0.2) is 84.9 Å². The number of morpholine rings is 1. The number of carbonyl (C=O) groups excluding carboxylic acids is 1. The quantitative estimate of drug-likeness (QED) is 0.787. The molecule has 1 aromatic heterocycles. The molecule has 2 fully saturated rings. The third-order valence-corrected chi connectivity index (χ3v) is 5.06. The van der Waals surface area contributed by atoms with Crippen molar-refractivity contribution in [3.8, 4) is 17.1 Å². The predicted molar refractivity (Wildman–Crippen MR) is 101 cm³/mol. The molecule has 2 aromatic rings. The van der Waals surface area contributed by atoms with Crippen molar-refractivity contribution in [3.05, 3.63) is 30.2 Å². The molecule has 28 heavy (non-hydrogen) atoms. The minimum atomic E-state index is -0.358. The van der Waals surface area contributed by atoms with Gasteiger partial charge in [-0.15, -0.1) is 0 Å². The van der Waals surface area contributed by atoms with Crippen molar-refractivity contribution in [1.29, 1.82) is 0 Å². The van der Waals surface area contributed by atoms with Crippen molar-refractivity contribution in [2.75, 3.05) is 53.0 Å². The summed E-state index contributed by atoms with van der Waals surface area (Å²) >= 11 is 0. The fourth-order valence-electron chi connectivity index (χ4n) is 3.42. The first-order chi connectivity index (χ1) is 13.7. The Kier molecular flexibility index (Phi) is 5.84. The molecular weight excluding hydrogens is 362 g/mol. The smallest absolute Gasteiger partial charge is 0.253 e. The normalized spacial score (nSPS) is 20.9. The lowest BCUT2D eigenvalue weighted by Crippen LogP contribution is -2.54. The fourth-order valence-corrected chi connectivity index (χ4v) is 3.42. The van der Waals surface area contributed by atoms with Crippen molar-refractivity contribution >= 4 is 5.91 Å². The second-order valence-electron chi connectivity index (χ2n) is 6.91. The van der Waals surface area contributed by atoms with Gasteiger partial charge in [0.05, 0.1) is 20.3 Å². The molecule has 1 atom stereocenters. The number of amides is 1. The van der Waals surface area contributed by atoms with E-state index in [-0.39, 0.29) is 12.0 Å². The molecule has 0 saturated carbocycles. The highest BCUT2D eigenvalue weighted by molar-refractivity contribution is 5.81. The molecule has 1 aromatic carbocycles. The van der Waals surface area contributed by atoms with Gasteiger partial charge in [-0.3, -0.25) is 9.69 Å². The Balaban J connectivity index is 1.29. The Hall–Kier alpha value is -2.49. The van der Waals surface area contributed by atoms with Crippen LogP contribution in [0.2, 0.25) is 0 Å². The summed E-state index contributed by atoms with van der Waals surface area (Å²) < 4.78 is 16.1. The molecule has 9 nitrogen and oxygen atoms in total. The summed E-state index contributed by atoms with van der Waals surface area (Å²) in [5.41, 5.74) is 0.882. The van der Waals surface area contributed by atoms with Crippen molar-refractivity contribution in [2.24, 2.45) is 0 Å². The van der Waals surface area contributed by atoms with E-state index in [0.29, 0.717) is 44.5 Å². The van der Waals surface area contributed by atoms with Gasteiger partial charge in [-0.1, -0.05) is 5.16 Å². The van der Waals surface area contributed by atoms with E-state index in [4.69, 9.17) is 14.0 Å². The maximum Gasteiger partial charge on any atom is 0.253 e. The number of nitrogens with zero attached hydrogens (tertiary/aromatic N) is 4. The molecule has 1 N–H and O–H groups in total. The number of piperazine rings is 1. The lowest BCUT2D eigenvalue weighted by atomic mass is 10.2. The zero-order chi connectivity index (χ0) is 19.3. The SMILES string of the molecule is COc1ccc(-c2noc(CN3CCN(C(=O)C4CNCCO4)CC3)n2)cc1. The number of rotatable bonds is 5. The largest absolute Gasteiger partial charge is 0.497 e. The molecule has 9 heteroatoms.